The zero-order valence-electron chi connectivity index (χ0n) is 27.0. The van der Waals surface area contributed by atoms with Gasteiger partial charge in [0.2, 0.25) is 0 Å². The second-order valence-electron chi connectivity index (χ2n) is 11.7. The van der Waals surface area contributed by atoms with Crippen LogP contribution in [0.5, 0.6) is 0 Å². The number of ether oxygens (including phenoxy) is 3. The predicted molar refractivity (Wildman–Crippen MR) is 172 cm³/mol. The van der Waals surface area contributed by atoms with E-state index in [-0.39, 0.29) is 25.1 Å². The number of nitrogen functional groups attached to an aromatic ring is 1. The van der Waals surface area contributed by atoms with E-state index in [9.17, 15) is 9.46 Å². The molecule has 0 radical (unpaired) electrons. The Kier molecular flexibility index (Phi) is 19.9. The SMILES string of the molecule is CCCCCCCCCCCCCCCCOCCCOP(=O)(O)COC(COC(C)C)Cn1cnc2c(N)ncnc21. The number of nitrogens with two attached hydrogens (primary N) is 1. The lowest BCUT2D eigenvalue weighted by Gasteiger charge is -2.21. The van der Waals surface area contributed by atoms with Gasteiger partial charge in [-0.3, -0.25) is 4.57 Å². The predicted octanol–water partition coefficient (Wildman–Crippen LogP) is 7.27. The van der Waals surface area contributed by atoms with Gasteiger partial charge in [0.15, 0.2) is 11.5 Å². The summed E-state index contributed by atoms with van der Waals surface area (Å²) in [7, 11) is -3.94. The molecule has 0 saturated heterocycles. The summed E-state index contributed by atoms with van der Waals surface area (Å²) in [5, 5.41) is 0. The fraction of sp³-hybridized carbons (Fsp3) is 0.839. The summed E-state index contributed by atoms with van der Waals surface area (Å²) in [4.78, 5) is 22.8. The molecule has 0 aliphatic heterocycles. The Morgan fingerprint density at radius 1 is 0.837 bits per heavy atom. The summed E-state index contributed by atoms with van der Waals surface area (Å²) in [6, 6.07) is 0. The lowest BCUT2D eigenvalue weighted by molar-refractivity contribution is -0.0321. The first-order valence-electron chi connectivity index (χ1n) is 16.5. The van der Waals surface area contributed by atoms with Crippen LogP contribution in [0.2, 0.25) is 0 Å². The van der Waals surface area contributed by atoms with E-state index >= 15 is 0 Å². The number of hydrogen-bond acceptors (Lipinski definition) is 9. The molecule has 0 fully saturated rings. The van der Waals surface area contributed by atoms with Crippen LogP contribution in [0.3, 0.4) is 0 Å². The monoisotopic (exact) mass is 627 g/mol. The van der Waals surface area contributed by atoms with E-state index in [1.165, 1.54) is 89.8 Å². The van der Waals surface area contributed by atoms with Gasteiger partial charge in [-0.05, 0) is 26.7 Å². The van der Waals surface area contributed by atoms with Crippen LogP contribution in [0, 0.1) is 0 Å². The van der Waals surface area contributed by atoms with E-state index in [2.05, 4.69) is 21.9 Å². The maximum absolute atomic E-state index is 12.6. The summed E-state index contributed by atoms with van der Waals surface area (Å²) >= 11 is 0. The van der Waals surface area contributed by atoms with Crippen molar-refractivity contribution in [3.05, 3.63) is 12.7 Å². The zero-order valence-corrected chi connectivity index (χ0v) is 27.9. The third-order valence-electron chi connectivity index (χ3n) is 7.29. The molecule has 2 heterocycles. The van der Waals surface area contributed by atoms with E-state index in [0.717, 1.165) is 13.0 Å². The highest BCUT2D eigenvalue weighted by atomic mass is 31.2. The van der Waals surface area contributed by atoms with Gasteiger partial charge in [0.1, 0.15) is 18.2 Å². The van der Waals surface area contributed by atoms with E-state index in [4.69, 9.17) is 24.5 Å². The normalized spacial score (nSPS) is 14.1. The first kappa shape index (κ1) is 37.6. The Labute approximate surface area is 259 Å². The molecule has 0 saturated carbocycles. The Hall–Kier alpha value is -1.62. The lowest BCUT2D eigenvalue weighted by atomic mass is 10.0. The minimum atomic E-state index is -3.94. The summed E-state index contributed by atoms with van der Waals surface area (Å²) in [6.45, 7) is 7.99. The van der Waals surface area contributed by atoms with Gasteiger partial charge in [-0.15, -0.1) is 0 Å². The molecule has 2 aromatic heterocycles. The van der Waals surface area contributed by atoms with Crippen molar-refractivity contribution in [2.24, 2.45) is 0 Å². The molecule has 11 nitrogen and oxygen atoms in total. The number of rotatable bonds is 28. The van der Waals surface area contributed by atoms with E-state index in [1.807, 2.05) is 13.8 Å². The van der Waals surface area contributed by atoms with Gasteiger partial charge < -0.3 is 33.9 Å². The Morgan fingerprint density at radius 2 is 1.44 bits per heavy atom. The molecule has 0 spiro atoms. The van der Waals surface area contributed by atoms with Crippen LogP contribution >= 0.6 is 7.60 Å². The molecule has 2 atom stereocenters. The number of fused-ring (bicyclic) bond motifs is 1. The van der Waals surface area contributed by atoms with Crippen LogP contribution in [-0.4, -0.2) is 69.4 Å². The van der Waals surface area contributed by atoms with Crippen molar-refractivity contribution in [1.29, 1.82) is 0 Å². The first-order chi connectivity index (χ1) is 20.8. The third-order valence-corrected chi connectivity index (χ3v) is 8.35. The molecule has 2 unspecified atom stereocenters. The number of anilines is 1. The van der Waals surface area contributed by atoms with Crippen molar-refractivity contribution >= 4 is 24.6 Å². The van der Waals surface area contributed by atoms with Crippen LogP contribution in [-0.2, 0) is 29.8 Å². The Balaban J connectivity index is 1.50. The molecule has 3 N–H and O–H groups in total. The van der Waals surface area contributed by atoms with E-state index in [1.54, 1.807) is 10.9 Å². The number of aromatic nitrogens is 4. The molecular formula is C31H58N5O6P. The van der Waals surface area contributed by atoms with Gasteiger partial charge in [0.05, 0.1) is 38.3 Å². The lowest BCUT2D eigenvalue weighted by Crippen LogP contribution is -2.27. The molecule has 43 heavy (non-hydrogen) atoms. The minimum Gasteiger partial charge on any atom is -0.382 e. The molecule has 0 aromatic carbocycles. The topological polar surface area (TPSA) is 144 Å². The molecule has 0 bridgehead atoms. The maximum atomic E-state index is 12.6. The summed E-state index contributed by atoms with van der Waals surface area (Å²) in [6.07, 6.45) is 21.2. The molecule has 248 valence electrons. The highest BCUT2D eigenvalue weighted by Gasteiger charge is 2.24. The molecular weight excluding hydrogens is 569 g/mol. The summed E-state index contributed by atoms with van der Waals surface area (Å²) < 4.78 is 36.8. The van der Waals surface area contributed by atoms with Crippen LogP contribution in [0.4, 0.5) is 5.82 Å². The second-order valence-corrected chi connectivity index (χ2v) is 13.5. The van der Waals surface area contributed by atoms with Gasteiger partial charge in [-0.25, -0.2) is 15.0 Å². The molecule has 2 aromatic rings. The van der Waals surface area contributed by atoms with Crippen molar-refractivity contribution in [2.45, 2.75) is 136 Å². The van der Waals surface area contributed by atoms with Gasteiger partial charge in [-0.2, -0.15) is 0 Å². The number of imidazole rings is 1. The quantitative estimate of drug-likeness (QED) is 0.0730. The molecule has 0 amide bonds. The highest BCUT2D eigenvalue weighted by Crippen LogP contribution is 2.42. The fourth-order valence-corrected chi connectivity index (χ4v) is 5.70. The smallest absolute Gasteiger partial charge is 0.353 e. The van der Waals surface area contributed by atoms with E-state index < -0.39 is 20.0 Å². The van der Waals surface area contributed by atoms with Gasteiger partial charge in [0, 0.05) is 13.2 Å². The molecule has 2 rings (SSSR count). The zero-order chi connectivity index (χ0) is 31.2. The second kappa shape index (κ2) is 22.8. The Morgan fingerprint density at radius 3 is 2.07 bits per heavy atom. The van der Waals surface area contributed by atoms with Gasteiger partial charge in [0.25, 0.3) is 0 Å². The van der Waals surface area contributed by atoms with Crippen LogP contribution in [0.15, 0.2) is 12.7 Å². The van der Waals surface area contributed by atoms with E-state index in [0.29, 0.717) is 30.7 Å². The third kappa shape index (κ3) is 17.5. The molecule has 0 aliphatic rings. The average Bonchev–Trinajstić information content (AvgIpc) is 3.39. The maximum Gasteiger partial charge on any atom is 0.353 e. The van der Waals surface area contributed by atoms with Crippen LogP contribution < -0.4 is 5.73 Å². The fourth-order valence-electron chi connectivity index (χ4n) is 4.81. The van der Waals surface area contributed by atoms with Crippen molar-refractivity contribution in [2.75, 3.05) is 38.5 Å². The standard InChI is InChI=1S/C31H58N5O6P/c1-4-5-6-7-8-9-10-11-12-13-14-15-16-17-19-39-20-18-21-42-43(37,38)26-41-28(23-40-27(2)3)22-36-25-35-29-30(32)33-24-34-31(29)36/h24-25,27-28H,4-23,26H2,1-3H3,(H,37,38)(H2,32,33,34). The largest absolute Gasteiger partial charge is 0.382 e. The molecule has 12 heteroatoms. The van der Waals surface area contributed by atoms with Crippen molar-refractivity contribution in [1.82, 2.24) is 19.5 Å². The van der Waals surface area contributed by atoms with Gasteiger partial charge in [-0.1, -0.05) is 90.4 Å². The number of nitrogens with zero attached hydrogens (tertiary/aromatic N) is 4. The Bertz CT molecular complexity index is 1020. The average molecular weight is 628 g/mol. The number of hydrogen-bond donors (Lipinski definition) is 2. The molecule has 0 aliphatic carbocycles. The summed E-state index contributed by atoms with van der Waals surface area (Å²) in [5.74, 6) is 0.288. The number of unbranched alkanes of at least 4 members (excludes halogenated alkanes) is 13. The highest BCUT2D eigenvalue weighted by molar-refractivity contribution is 7.52. The first-order valence-corrected chi connectivity index (χ1v) is 18.3. The van der Waals surface area contributed by atoms with Crippen molar-refractivity contribution < 1.29 is 28.2 Å². The van der Waals surface area contributed by atoms with Crippen LogP contribution in [0.25, 0.3) is 11.2 Å². The van der Waals surface area contributed by atoms with Gasteiger partial charge >= 0.3 is 7.60 Å². The van der Waals surface area contributed by atoms with Crippen molar-refractivity contribution in [3.8, 4) is 0 Å². The summed E-state index contributed by atoms with van der Waals surface area (Å²) in [5.41, 5.74) is 6.93. The van der Waals surface area contributed by atoms with Crippen LogP contribution in [0.1, 0.15) is 117 Å². The van der Waals surface area contributed by atoms with Crippen molar-refractivity contribution in [3.63, 3.8) is 0 Å². The minimum absolute atomic E-state index is 0.0229.